The monoisotopic (exact) mass is 744 g/mol. The minimum atomic E-state index is -9.14. The van der Waals surface area contributed by atoms with Crippen LogP contribution in [0.25, 0.3) is 0 Å². The van der Waals surface area contributed by atoms with Crippen LogP contribution in [-0.2, 0) is 6.15 Å². The van der Waals surface area contributed by atoms with E-state index < -0.39 is 90.2 Å². The van der Waals surface area contributed by atoms with Crippen LogP contribution in [0.1, 0.15) is 104 Å². The zero-order valence-corrected chi connectivity index (χ0v) is 25.8. The molecule has 0 unspecified atom stereocenters. The Morgan fingerprint density at radius 2 is 0.683 bits per heavy atom. The van der Waals surface area contributed by atoms with Crippen LogP contribution in [0.3, 0.4) is 0 Å². The van der Waals surface area contributed by atoms with Crippen molar-refractivity contribution in [2.24, 2.45) is 0 Å². The first-order valence-electron chi connectivity index (χ1n) is 13.5. The second-order valence-corrected chi connectivity index (χ2v) is 18.7. The summed E-state index contributed by atoms with van der Waals surface area (Å²) in [5.41, 5.74) is 0. The quantitative estimate of drug-likeness (QED) is 0.0625. The third-order valence-electron chi connectivity index (χ3n) is 6.20. The first-order valence-corrected chi connectivity index (χ1v) is 18.6. The first kappa shape index (κ1) is 40.7. The number of hydrogen-bond acceptors (Lipinski definition) is 2. The van der Waals surface area contributed by atoms with Crippen LogP contribution < -0.4 is 0 Å². The Hall–Kier alpha value is -0.261. The Morgan fingerprint density at radius 3 is 0.951 bits per heavy atom. The van der Waals surface area contributed by atoms with Crippen molar-refractivity contribution in [2.75, 3.05) is 13.2 Å². The van der Waals surface area contributed by atoms with Gasteiger partial charge in [0, 0.05) is 0 Å². The molecule has 41 heavy (non-hydrogen) atoms. The van der Waals surface area contributed by atoms with Gasteiger partial charge in [-0.15, -0.1) is 0 Å². The summed E-state index contributed by atoms with van der Waals surface area (Å²) in [6, 6.07) is 0. The van der Waals surface area contributed by atoms with E-state index in [-0.39, 0.29) is 12.8 Å². The van der Waals surface area contributed by atoms with Gasteiger partial charge in [0.2, 0.25) is 0 Å². The number of halogens is 14. The van der Waals surface area contributed by atoms with E-state index in [0.29, 0.717) is 38.5 Å². The molecule has 0 heterocycles. The number of alkyl halides is 14. The van der Waals surface area contributed by atoms with E-state index >= 15 is 17.6 Å². The maximum absolute atomic E-state index is 15.4. The third kappa shape index (κ3) is 12.3. The van der Waals surface area contributed by atoms with Gasteiger partial charge in [0.15, 0.2) is 0 Å². The molecule has 17 heteroatoms. The summed E-state index contributed by atoms with van der Waals surface area (Å²) in [7, 11) is 0. The van der Waals surface area contributed by atoms with Gasteiger partial charge in [-0.2, -0.15) is 0 Å². The molecule has 0 aromatic rings. The van der Waals surface area contributed by atoms with Crippen LogP contribution in [0, 0.1) is 0 Å². The molecular formula is C24H38F14O2Sn. The second kappa shape index (κ2) is 16.7. The molecule has 0 aromatic heterocycles. The maximum atomic E-state index is 15.4. The van der Waals surface area contributed by atoms with Crippen LogP contribution in [0.5, 0.6) is 0 Å². The van der Waals surface area contributed by atoms with Crippen LogP contribution in [0.15, 0.2) is 0 Å². The summed E-state index contributed by atoms with van der Waals surface area (Å²) < 4.78 is 192. The molecule has 0 radical (unpaired) electrons. The fourth-order valence-electron chi connectivity index (χ4n) is 4.01. The van der Waals surface area contributed by atoms with E-state index in [1.54, 1.807) is 0 Å². The van der Waals surface area contributed by atoms with Crippen molar-refractivity contribution in [3.05, 3.63) is 0 Å². The molecule has 0 amide bonds. The van der Waals surface area contributed by atoms with Gasteiger partial charge >= 0.3 is 236 Å². The summed E-state index contributed by atoms with van der Waals surface area (Å²) in [5.74, 6) is -12.9. The van der Waals surface area contributed by atoms with Gasteiger partial charge in [-0.3, -0.25) is 0 Å². The summed E-state index contributed by atoms with van der Waals surface area (Å²) in [6.07, 6.45) is -15.6. The number of rotatable bonds is 22. The van der Waals surface area contributed by atoms with Crippen LogP contribution >= 0.6 is 0 Å². The average Bonchev–Trinajstić information content (AvgIpc) is 2.78. The van der Waals surface area contributed by atoms with E-state index in [1.165, 1.54) is 0 Å². The van der Waals surface area contributed by atoms with Crippen molar-refractivity contribution in [3.8, 4) is 0 Å². The molecular weight excluding hydrogens is 705 g/mol. The summed E-state index contributed by atoms with van der Waals surface area (Å²) in [4.78, 5) is 0. The van der Waals surface area contributed by atoms with Crippen molar-refractivity contribution in [1.29, 1.82) is 0 Å². The van der Waals surface area contributed by atoms with Crippen molar-refractivity contribution >= 4 is 19.2 Å². The van der Waals surface area contributed by atoms with Gasteiger partial charge in [0.25, 0.3) is 0 Å². The fraction of sp³-hybridized carbons (Fsp3) is 1.00. The number of unbranched alkanes of at least 4 members (excludes halogenated alkanes) is 10. The van der Waals surface area contributed by atoms with E-state index in [0.717, 1.165) is 12.8 Å². The van der Waals surface area contributed by atoms with Gasteiger partial charge in [-0.05, 0) is 0 Å². The Labute approximate surface area is 235 Å². The van der Waals surface area contributed by atoms with E-state index in [2.05, 4.69) is 6.15 Å². The second-order valence-electron chi connectivity index (χ2n) is 9.99. The first-order chi connectivity index (χ1) is 18.5. The Kier molecular flexibility index (Phi) is 16.6. The van der Waals surface area contributed by atoms with Gasteiger partial charge in [-0.25, -0.2) is 0 Å². The Morgan fingerprint density at radius 1 is 0.415 bits per heavy atom. The molecule has 0 spiro atoms. The molecule has 0 fully saturated rings. The summed E-state index contributed by atoms with van der Waals surface area (Å²) >= 11 is -9.14. The molecule has 248 valence electrons. The minimum absolute atomic E-state index is 0.0500. The molecule has 0 aromatic carbocycles. The molecule has 0 aliphatic rings. The number of hydrogen-bond donors (Lipinski definition) is 0. The Bertz CT molecular complexity index is 666. The van der Waals surface area contributed by atoms with Gasteiger partial charge < -0.3 is 0 Å². The van der Waals surface area contributed by atoms with Crippen molar-refractivity contribution in [3.63, 3.8) is 0 Å². The van der Waals surface area contributed by atoms with Crippen molar-refractivity contribution in [2.45, 2.75) is 136 Å². The molecule has 0 bridgehead atoms. The topological polar surface area (TPSA) is 18.5 Å². The zero-order chi connectivity index (χ0) is 32.2. The molecule has 0 aliphatic heterocycles. The SMILES string of the molecule is CCCCCCCC[O][Sn]([O]CCCCCCCC)([C](F)(F)C(F)(F)CC(F)(F)F)[C](F)(F)C(F)(F)CC(F)(F)F. The molecule has 0 aliphatic carbocycles. The van der Waals surface area contributed by atoms with Gasteiger partial charge in [0.1, 0.15) is 0 Å². The predicted octanol–water partition coefficient (Wildman–Crippen LogP) is 10.7. The van der Waals surface area contributed by atoms with Crippen LogP contribution in [0.2, 0.25) is 0 Å². The van der Waals surface area contributed by atoms with Gasteiger partial charge in [-0.1, -0.05) is 0 Å². The fourth-order valence-corrected chi connectivity index (χ4v) is 13.2. The predicted molar refractivity (Wildman–Crippen MR) is 126 cm³/mol. The van der Waals surface area contributed by atoms with E-state index in [1.807, 2.05) is 13.8 Å². The standard InChI is InChI=1S/2C8H17O.2C4H2F7.Sn/c2*1-2-3-4-5-6-7-8-9;2*5-2(6)3(7,8)1-4(9,10)11;/h2*2-8H2,1H3;2*1H2;/q2*-1;;;+2. The average molecular weight is 743 g/mol. The molecule has 0 saturated carbocycles. The van der Waals surface area contributed by atoms with E-state index in [4.69, 9.17) is 0 Å². The van der Waals surface area contributed by atoms with Gasteiger partial charge in [0.05, 0.1) is 0 Å². The van der Waals surface area contributed by atoms with E-state index in [9.17, 15) is 43.9 Å². The third-order valence-corrected chi connectivity index (χ3v) is 16.5. The molecule has 0 rings (SSSR count). The molecule has 0 saturated heterocycles. The Balaban J connectivity index is 6.68. The summed E-state index contributed by atoms with van der Waals surface area (Å²) in [6.45, 7) is 1.02. The van der Waals surface area contributed by atoms with Crippen LogP contribution in [0.4, 0.5) is 61.5 Å². The normalized spacial score (nSPS) is 14.6. The summed E-state index contributed by atoms with van der Waals surface area (Å²) in [5, 5.41) is 0. The molecule has 0 N–H and O–H groups in total. The molecule has 0 atom stereocenters. The van der Waals surface area contributed by atoms with Crippen molar-refractivity contribution < 1.29 is 67.6 Å². The van der Waals surface area contributed by atoms with Crippen LogP contribution in [-0.4, -0.2) is 64.5 Å². The zero-order valence-electron chi connectivity index (χ0n) is 22.9. The molecule has 2 nitrogen and oxygen atoms in total. The van der Waals surface area contributed by atoms with Crippen molar-refractivity contribution in [1.82, 2.24) is 0 Å².